The maximum absolute atomic E-state index is 13.6. The lowest BCUT2D eigenvalue weighted by Crippen LogP contribution is -2.32. The fraction of sp³-hybridized carbons (Fsp3) is 0.400. The second kappa shape index (κ2) is 4.64. The number of sulfonamides is 1. The van der Waals surface area contributed by atoms with E-state index in [-0.39, 0.29) is 17.5 Å². The third-order valence-corrected chi connectivity index (χ3v) is 5.09. The maximum Gasteiger partial charge on any atom is 0.246 e. The Labute approximate surface area is 108 Å². The van der Waals surface area contributed by atoms with Crippen molar-refractivity contribution in [1.29, 1.82) is 0 Å². The van der Waals surface area contributed by atoms with E-state index in [1.54, 1.807) is 0 Å². The van der Waals surface area contributed by atoms with Gasteiger partial charge in [0.25, 0.3) is 0 Å². The molecule has 7 heteroatoms. The molecule has 0 aliphatic carbocycles. The van der Waals surface area contributed by atoms with Gasteiger partial charge in [-0.25, -0.2) is 12.8 Å². The minimum absolute atomic E-state index is 0.164. The number of nitrogens with two attached hydrogens (primary N) is 1. The van der Waals surface area contributed by atoms with Crippen molar-refractivity contribution < 1.29 is 12.8 Å². The Morgan fingerprint density at radius 2 is 2.18 bits per heavy atom. The van der Waals surface area contributed by atoms with E-state index in [0.717, 1.165) is 6.07 Å². The summed E-state index contributed by atoms with van der Waals surface area (Å²) in [5.74, 6) is -0.750. The lowest BCUT2D eigenvalue weighted by atomic mass is 10.3. The first-order valence-corrected chi connectivity index (χ1v) is 7.35. The topological polar surface area (TPSA) is 63.4 Å². The van der Waals surface area contributed by atoms with Crippen LogP contribution in [0.3, 0.4) is 0 Å². The van der Waals surface area contributed by atoms with Gasteiger partial charge in [0, 0.05) is 23.6 Å². The number of benzene rings is 1. The zero-order valence-corrected chi connectivity index (χ0v) is 11.3. The molecular formula is C10H12BrFN2O2S. The van der Waals surface area contributed by atoms with Crippen molar-refractivity contribution in [3.05, 3.63) is 28.5 Å². The Hall–Kier alpha value is -0.500. The van der Waals surface area contributed by atoms with Crippen LogP contribution in [0.1, 0.15) is 6.42 Å². The number of rotatable bonds is 2. The highest BCUT2D eigenvalue weighted by molar-refractivity contribution is 9.10. The predicted molar refractivity (Wildman–Crippen MR) is 65.5 cm³/mol. The zero-order valence-electron chi connectivity index (χ0n) is 8.94. The summed E-state index contributed by atoms with van der Waals surface area (Å²) >= 11 is 3.09. The molecule has 0 bridgehead atoms. The number of hydrogen-bond acceptors (Lipinski definition) is 3. The van der Waals surface area contributed by atoms with Gasteiger partial charge in [0.05, 0.1) is 0 Å². The molecule has 1 fully saturated rings. The van der Waals surface area contributed by atoms with Crippen LogP contribution >= 0.6 is 15.9 Å². The van der Waals surface area contributed by atoms with Gasteiger partial charge in [-0.3, -0.25) is 0 Å². The highest BCUT2D eigenvalue weighted by Gasteiger charge is 2.32. The van der Waals surface area contributed by atoms with Crippen molar-refractivity contribution >= 4 is 26.0 Å². The monoisotopic (exact) mass is 322 g/mol. The second-order valence-electron chi connectivity index (χ2n) is 3.99. The highest BCUT2D eigenvalue weighted by Crippen LogP contribution is 2.24. The molecule has 1 heterocycles. The smallest absolute Gasteiger partial charge is 0.246 e. The molecule has 0 aromatic heterocycles. The van der Waals surface area contributed by atoms with E-state index in [1.165, 1.54) is 16.4 Å². The van der Waals surface area contributed by atoms with Gasteiger partial charge >= 0.3 is 0 Å². The summed E-state index contributed by atoms with van der Waals surface area (Å²) in [4.78, 5) is -0.296. The van der Waals surface area contributed by atoms with Crippen LogP contribution in [0.2, 0.25) is 0 Å². The Bertz CT molecular complexity index is 535. The molecular weight excluding hydrogens is 311 g/mol. The number of nitrogens with zero attached hydrogens (tertiary/aromatic N) is 1. The van der Waals surface area contributed by atoms with Crippen LogP contribution in [0.4, 0.5) is 4.39 Å². The summed E-state index contributed by atoms with van der Waals surface area (Å²) in [5, 5.41) is 0. The quantitative estimate of drug-likeness (QED) is 0.893. The van der Waals surface area contributed by atoms with Crippen molar-refractivity contribution in [3.63, 3.8) is 0 Å². The highest BCUT2D eigenvalue weighted by atomic mass is 79.9. The van der Waals surface area contributed by atoms with Gasteiger partial charge in [0.1, 0.15) is 10.7 Å². The molecule has 1 aliphatic heterocycles. The molecule has 0 saturated carbocycles. The van der Waals surface area contributed by atoms with Crippen LogP contribution in [0.15, 0.2) is 27.6 Å². The van der Waals surface area contributed by atoms with E-state index in [9.17, 15) is 12.8 Å². The Morgan fingerprint density at radius 1 is 1.47 bits per heavy atom. The normalized spacial score (nSPS) is 21.9. The van der Waals surface area contributed by atoms with Crippen LogP contribution in [-0.4, -0.2) is 31.9 Å². The van der Waals surface area contributed by atoms with Crippen molar-refractivity contribution in [3.8, 4) is 0 Å². The molecule has 1 atom stereocenters. The molecule has 0 radical (unpaired) electrons. The van der Waals surface area contributed by atoms with E-state index in [2.05, 4.69) is 15.9 Å². The van der Waals surface area contributed by atoms with E-state index in [4.69, 9.17) is 5.73 Å². The molecule has 1 aliphatic rings. The van der Waals surface area contributed by atoms with Crippen LogP contribution in [0, 0.1) is 5.82 Å². The molecule has 2 N–H and O–H groups in total. The Balaban J connectivity index is 2.38. The van der Waals surface area contributed by atoms with Crippen molar-refractivity contribution in [1.82, 2.24) is 4.31 Å². The minimum atomic E-state index is -3.76. The van der Waals surface area contributed by atoms with Gasteiger partial charge in [0.2, 0.25) is 10.0 Å². The lowest BCUT2D eigenvalue weighted by Gasteiger charge is -2.16. The van der Waals surface area contributed by atoms with Crippen molar-refractivity contribution in [2.75, 3.05) is 13.1 Å². The Morgan fingerprint density at radius 3 is 2.71 bits per heavy atom. The molecule has 4 nitrogen and oxygen atoms in total. The predicted octanol–water partition coefficient (Wildman–Crippen LogP) is 1.31. The van der Waals surface area contributed by atoms with Gasteiger partial charge < -0.3 is 5.73 Å². The number of hydrogen-bond donors (Lipinski definition) is 1. The van der Waals surface area contributed by atoms with Crippen LogP contribution in [-0.2, 0) is 10.0 Å². The molecule has 2 rings (SSSR count). The average Bonchev–Trinajstić information content (AvgIpc) is 2.64. The van der Waals surface area contributed by atoms with Crippen LogP contribution in [0.25, 0.3) is 0 Å². The largest absolute Gasteiger partial charge is 0.326 e. The first-order chi connectivity index (χ1) is 7.91. The number of halogens is 2. The van der Waals surface area contributed by atoms with Gasteiger partial charge in [0.15, 0.2) is 0 Å². The standard InChI is InChI=1S/C10H12BrFN2O2S/c11-7-1-2-10(9(12)5-7)17(15,16)14-4-3-8(13)6-14/h1-2,5,8H,3-4,6,13H2/t8-/m1/s1. The molecule has 1 aromatic rings. The summed E-state index contributed by atoms with van der Waals surface area (Å²) in [5.41, 5.74) is 5.65. The molecule has 94 valence electrons. The zero-order chi connectivity index (χ0) is 12.6. The first kappa shape index (κ1) is 12.9. The summed E-state index contributed by atoms with van der Waals surface area (Å²) in [6, 6.07) is 3.75. The third-order valence-electron chi connectivity index (χ3n) is 2.70. The Kier molecular flexibility index (Phi) is 3.53. The SMILES string of the molecule is N[C@@H]1CCN(S(=O)(=O)c2ccc(Br)cc2F)C1. The average molecular weight is 323 g/mol. The van der Waals surface area contributed by atoms with E-state index < -0.39 is 15.8 Å². The summed E-state index contributed by atoms with van der Waals surface area (Å²) in [7, 11) is -3.76. The fourth-order valence-corrected chi connectivity index (χ4v) is 3.69. The van der Waals surface area contributed by atoms with Gasteiger partial charge in [-0.1, -0.05) is 15.9 Å². The summed E-state index contributed by atoms with van der Waals surface area (Å²) in [6.07, 6.45) is 0.609. The lowest BCUT2D eigenvalue weighted by molar-refractivity contribution is 0.465. The molecule has 17 heavy (non-hydrogen) atoms. The molecule has 0 unspecified atom stereocenters. The third kappa shape index (κ3) is 2.52. The molecule has 0 spiro atoms. The van der Waals surface area contributed by atoms with E-state index in [0.29, 0.717) is 17.4 Å². The van der Waals surface area contributed by atoms with Crippen molar-refractivity contribution in [2.24, 2.45) is 5.73 Å². The van der Waals surface area contributed by atoms with Crippen LogP contribution < -0.4 is 5.73 Å². The molecule has 1 saturated heterocycles. The fourth-order valence-electron chi connectivity index (χ4n) is 1.80. The van der Waals surface area contributed by atoms with Gasteiger partial charge in [-0.2, -0.15) is 4.31 Å². The maximum atomic E-state index is 13.6. The first-order valence-electron chi connectivity index (χ1n) is 5.12. The summed E-state index contributed by atoms with van der Waals surface area (Å²) < 4.78 is 39.6. The van der Waals surface area contributed by atoms with Gasteiger partial charge in [-0.15, -0.1) is 0 Å². The molecule has 0 amide bonds. The van der Waals surface area contributed by atoms with Gasteiger partial charge in [-0.05, 0) is 24.6 Å². The molecule has 1 aromatic carbocycles. The second-order valence-corrected chi connectivity index (χ2v) is 6.81. The minimum Gasteiger partial charge on any atom is -0.326 e. The van der Waals surface area contributed by atoms with E-state index >= 15 is 0 Å². The summed E-state index contributed by atoms with van der Waals surface area (Å²) in [6.45, 7) is 0.594. The van der Waals surface area contributed by atoms with E-state index in [1.807, 2.05) is 0 Å². The van der Waals surface area contributed by atoms with Crippen LogP contribution in [0.5, 0.6) is 0 Å². The van der Waals surface area contributed by atoms with Crippen molar-refractivity contribution in [2.45, 2.75) is 17.4 Å².